The van der Waals surface area contributed by atoms with Crippen molar-refractivity contribution in [3.05, 3.63) is 46.0 Å². The zero-order valence-corrected chi connectivity index (χ0v) is 11.2. The van der Waals surface area contributed by atoms with Crippen LogP contribution in [0.2, 0.25) is 0 Å². The number of carbonyl (C=O) groups excluding carboxylic acids is 1. The summed E-state index contributed by atoms with van der Waals surface area (Å²) in [5.41, 5.74) is -0.0381. The summed E-state index contributed by atoms with van der Waals surface area (Å²) in [6.45, 7) is 1.51. The van der Waals surface area contributed by atoms with Crippen LogP contribution in [0.25, 0.3) is 0 Å². The molecule has 1 saturated carbocycles. The Morgan fingerprint density at radius 3 is 2.37 bits per heavy atom. The van der Waals surface area contributed by atoms with Crippen LogP contribution in [0, 0.1) is 10.1 Å². The number of carbonyl (C=O) groups is 1. The van der Waals surface area contributed by atoms with Crippen molar-refractivity contribution in [3.63, 3.8) is 0 Å². The van der Waals surface area contributed by atoms with E-state index in [1.807, 2.05) is 30.3 Å². The van der Waals surface area contributed by atoms with E-state index in [4.69, 9.17) is 0 Å². The molecule has 19 heavy (non-hydrogen) atoms. The van der Waals surface area contributed by atoms with Crippen LogP contribution in [0.1, 0.15) is 50.5 Å². The van der Waals surface area contributed by atoms with E-state index in [2.05, 4.69) is 0 Å². The van der Waals surface area contributed by atoms with Crippen molar-refractivity contribution in [1.82, 2.24) is 0 Å². The summed E-state index contributed by atoms with van der Waals surface area (Å²) in [7, 11) is 0. The average molecular weight is 261 g/mol. The Morgan fingerprint density at radius 2 is 1.89 bits per heavy atom. The summed E-state index contributed by atoms with van der Waals surface area (Å²) < 4.78 is 0. The maximum absolute atomic E-state index is 11.6. The summed E-state index contributed by atoms with van der Waals surface area (Å²) in [6, 6.07) is 9.45. The molecule has 0 N–H and O–H groups in total. The monoisotopic (exact) mass is 261 g/mol. The minimum Gasteiger partial charge on any atom is -0.300 e. The molecule has 1 aliphatic carbocycles. The molecule has 1 fully saturated rings. The molecule has 1 atom stereocenters. The highest BCUT2D eigenvalue weighted by molar-refractivity contribution is 5.76. The van der Waals surface area contributed by atoms with Crippen molar-refractivity contribution in [1.29, 1.82) is 0 Å². The van der Waals surface area contributed by atoms with Crippen LogP contribution in [0.4, 0.5) is 0 Å². The molecule has 0 aliphatic heterocycles. The number of nitro groups is 1. The molecule has 1 aromatic rings. The third-order valence-corrected chi connectivity index (χ3v) is 4.18. The number of ketones is 1. The van der Waals surface area contributed by atoms with Gasteiger partial charge in [0.2, 0.25) is 5.54 Å². The summed E-state index contributed by atoms with van der Waals surface area (Å²) in [5, 5.41) is 11.6. The fourth-order valence-electron chi connectivity index (χ4n) is 3.24. The van der Waals surface area contributed by atoms with E-state index in [0.29, 0.717) is 12.8 Å². The number of benzene rings is 1. The predicted octanol–water partition coefficient (Wildman–Crippen LogP) is 3.34. The SMILES string of the molecule is CC(=O)C[C@H](c1ccccc1)C1([N+](=O)[O-])CCCC1. The van der Waals surface area contributed by atoms with Gasteiger partial charge in [-0.15, -0.1) is 0 Å². The third-order valence-electron chi connectivity index (χ3n) is 4.18. The lowest BCUT2D eigenvalue weighted by molar-refractivity contribution is -0.573. The van der Waals surface area contributed by atoms with Gasteiger partial charge in [0.05, 0.1) is 5.92 Å². The first-order valence-electron chi connectivity index (χ1n) is 6.75. The minimum atomic E-state index is -0.951. The van der Waals surface area contributed by atoms with E-state index in [9.17, 15) is 14.9 Å². The molecular formula is C15H19NO3. The van der Waals surface area contributed by atoms with Gasteiger partial charge in [-0.3, -0.25) is 10.1 Å². The molecular weight excluding hydrogens is 242 g/mol. The average Bonchev–Trinajstić information content (AvgIpc) is 2.87. The maximum Gasteiger partial charge on any atom is 0.229 e. The van der Waals surface area contributed by atoms with Crippen molar-refractivity contribution in [3.8, 4) is 0 Å². The van der Waals surface area contributed by atoms with Gasteiger partial charge in [-0.2, -0.15) is 0 Å². The Morgan fingerprint density at radius 1 is 1.32 bits per heavy atom. The van der Waals surface area contributed by atoms with Crippen LogP contribution >= 0.6 is 0 Å². The zero-order valence-electron chi connectivity index (χ0n) is 11.2. The van der Waals surface area contributed by atoms with Crippen LogP contribution in [0.3, 0.4) is 0 Å². The Hall–Kier alpha value is -1.71. The molecule has 0 spiro atoms. The lowest BCUT2D eigenvalue weighted by Crippen LogP contribution is -2.42. The molecule has 0 unspecified atom stereocenters. The summed E-state index contributed by atoms with van der Waals surface area (Å²) in [6.07, 6.45) is 3.16. The molecule has 0 heterocycles. The summed E-state index contributed by atoms with van der Waals surface area (Å²) in [4.78, 5) is 23.0. The molecule has 0 saturated heterocycles. The molecule has 0 radical (unpaired) electrons. The number of rotatable bonds is 5. The van der Waals surface area contributed by atoms with Crippen LogP contribution < -0.4 is 0 Å². The van der Waals surface area contributed by atoms with E-state index in [0.717, 1.165) is 18.4 Å². The predicted molar refractivity (Wildman–Crippen MR) is 72.7 cm³/mol. The zero-order chi connectivity index (χ0) is 13.9. The Kier molecular flexibility index (Phi) is 3.98. The molecule has 4 nitrogen and oxygen atoms in total. The van der Waals surface area contributed by atoms with Gasteiger partial charge < -0.3 is 4.79 Å². The van der Waals surface area contributed by atoms with Gasteiger partial charge in [-0.25, -0.2) is 0 Å². The molecule has 1 aliphatic rings. The molecule has 0 bridgehead atoms. The molecule has 0 aromatic heterocycles. The van der Waals surface area contributed by atoms with Gasteiger partial charge in [-0.05, 0) is 25.3 Å². The molecule has 4 heteroatoms. The first-order chi connectivity index (χ1) is 9.06. The Bertz CT molecular complexity index is 464. The van der Waals surface area contributed by atoms with Crippen molar-refractivity contribution in [2.24, 2.45) is 0 Å². The smallest absolute Gasteiger partial charge is 0.229 e. The second kappa shape index (κ2) is 5.51. The van der Waals surface area contributed by atoms with Crippen molar-refractivity contribution in [2.75, 3.05) is 0 Å². The van der Waals surface area contributed by atoms with Gasteiger partial charge in [0.25, 0.3) is 0 Å². The lowest BCUT2D eigenvalue weighted by Gasteiger charge is -2.29. The highest BCUT2D eigenvalue weighted by atomic mass is 16.6. The Balaban J connectivity index is 2.42. The number of Topliss-reactive ketones (excluding diaryl/α,β-unsaturated/α-hetero) is 1. The topological polar surface area (TPSA) is 60.2 Å². The van der Waals surface area contributed by atoms with Crippen LogP contribution in [0.15, 0.2) is 30.3 Å². The first kappa shape index (κ1) is 13.7. The van der Waals surface area contributed by atoms with E-state index >= 15 is 0 Å². The van der Waals surface area contributed by atoms with E-state index in [-0.39, 0.29) is 23.0 Å². The van der Waals surface area contributed by atoms with E-state index in [1.54, 1.807) is 0 Å². The standard InChI is InChI=1S/C15H19NO3/c1-12(17)11-14(13-7-3-2-4-8-13)15(16(18)19)9-5-6-10-15/h2-4,7-8,14H,5-6,9-11H2,1H3/t14-/m1/s1. The van der Waals surface area contributed by atoms with Crippen LogP contribution in [0.5, 0.6) is 0 Å². The second-order valence-corrected chi connectivity index (χ2v) is 5.44. The quantitative estimate of drug-likeness (QED) is 0.603. The number of hydrogen-bond acceptors (Lipinski definition) is 3. The fourth-order valence-corrected chi connectivity index (χ4v) is 3.24. The van der Waals surface area contributed by atoms with Gasteiger partial charge >= 0.3 is 0 Å². The van der Waals surface area contributed by atoms with Crippen molar-refractivity contribution >= 4 is 5.78 Å². The lowest BCUT2D eigenvalue weighted by atomic mass is 9.75. The number of nitrogens with zero attached hydrogens (tertiary/aromatic N) is 1. The van der Waals surface area contributed by atoms with Gasteiger partial charge in [0.15, 0.2) is 0 Å². The van der Waals surface area contributed by atoms with E-state index in [1.165, 1.54) is 6.92 Å². The molecule has 0 amide bonds. The highest BCUT2D eigenvalue weighted by Crippen LogP contribution is 2.45. The van der Waals surface area contributed by atoms with Gasteiger partial charge in [0, 0.05) is 24.2 Å². The van der Waals surface area contributed by atoms with Crippen LogP contribution in [-0.2, 0) is 4.79 Å². The minimum absolute atomic E-state index is 0.0157. The second-order valence-electron chi connectivity index (χ2n) is 5.44. The molecule has 1 aromatic carbocycles. The Labute approximate surface area is 113 Å². The van der Waals surface area contributed by atoms with Gasteiger partial charge in [0.1, 0.15) is 5.78 Å². The maximum atomic E-state index is 11.6. The third kappa shape index (κ3) is 2.67. The summed E-state index contributed by atoms with van der Waals surface area (Å²) >= 11 is 0. The normalized spacial score (nSPS) is 19.0. The number of hydrogen-bond donors (Lipinski definition) is 0. The van der Waals surface area contributed by atoms with Crippen LogP contribution in [-0.4, -0.2) is 16.2 Å². The summed E-state index contributed by atoms with van der Waals surface area (Å²) in [5.74, 6) is -0.286. The van der Waals surface area contributed by atoms with Crippen molar-refractivity contribution < 1.29 is 9.72 Å². The van der Waals surface area contributed by atoms with Crippen molar-refractivity contribution in [2.45, 2.75) is 50.5 Å². The molecule has 102 valence electrons. The highest BCUT2D eigenvalue weighted by Gasteiger charge is 2.52. The first-order valence-corrected chi connectivity index (χ1v) is 6.75. The van der Waals surface area contributed by atoms with Gasteiger partial charge in [-0.1, -0.05) is 30.3 Å². The van der Waals surface area contributed by atoms with E-state index < -0.39 is 5.54 Å². The fraction of sp³-hybridized carbons (Fsp3) is 0.533. The largest absolute Gasteiger partial charge is 0.300 e. The molecule has 2 rings (SSSR count).